The largest absolute Gasteiger partial charge is 0.329 e. The minimum absolute atomic E-state index is 0.328. The van der Waals surface area contributed by atoms with Crippen molar-refractivity contribution in [3.63, 3.8) is 0 Å². The van der Waals surface area contributed by atoms with E-state index in [-0.39, 0.29) is 0 Å². The van der Waals surface area contributed by atoms with Gasteiger partial charge in [-0.05, 0) is 50.5 Å². The smallest absolute Gasteiger partial charge is 0.0331 e. The standard InChI is InChI=1S/C16H32N2/c1-3-18(12-15-7-4-8-15)16(13-17)10-5-6-14(2)9-11-16/h14-15H,3-13,17H2,1-2H3. The Morgan fingerprint density at radius 1 is 1.11 bits per heavy atom. The Morgan fingerprint density at radius 2 is 1.89 bits per heavy atom. The minimum atomic E-state index is 0.328. The van der Waals surface area contributed by atoms with Crippen LogP contribution < -0.4 is 5.73 Å². The number of rotatable bonds is 5. The summed E-state index contributed by atoms with van der Waals surface area (Å²) in [6.07, 6.45) is 11.2. The fourth-order valence-electron chi connectivity index (χ4n) is 3.86. The molecular formula is C16H32N2. The second-order valence-electron chi connectivity index (χ2n) is 6.80. The maximum atomic E-state index is 6.22. The van der Waals surface area contributed by atoms with Crippen LogP contribution in [0.15, 0.2) is 0 Å². The summed E-state index contributed by atoms with van der Waals surface area (Å²) in [4.78, 5) is 2.74. The molecule has 0 aromatic carbocycles. The van der Waals surface area contributed by atoms with Crippen molar-refractivity contribution in [3.8, 4) is 0 Å². The van der Waals surface area contributed by atoms with Gasteiger partial charge in [-0.15, -0.1) is 0 Å². The van der Waals surface area contributed by atoms with E-state index in [0.29, 0.717) is 5.54 Å². The molecule has 0 aliphatic heterocycles. The molecule has 0 saturated heterocycles. The van der Waals surface area contributed by atoms with Crippen LogP contribution in [0, 0.1) is 11.8 Å². The summed E-state index contributed by atoms with van der Waals surface area (Å²) in [6, 6.07) is 0. The molecule has 2 fully saturated rings. The Kier molecular flexibility index (Phi) is 5.08. The molecule has 2 atom stereocenters. The molecule has 2 unspecified atom stereocenters. The Balaban J connectivity index is 2.01. The molecule has 106 valence electrons. The summed E-state index contributed by atoms with van der Waals surface area (Å²) in [5, 5.41) is 0. The number of likely N-dealkylation sites (N-methyl/N-ethyl adjacent to an activating group) is 1. The summed E-state index contributed by atoms with van der Waals surface area (Å²) >= 11 is 0. The first-order valence-corrected chi connectivity index (χ1v) is 8.15. The Labute approximate surface area is 113 Å². The monoisotopic (exact) mass is 252 g/mol. The van der Waals surface area contributed by atoms with Crippen molar-refractivity contribution in [3.05, 3.63) is 0 Å². The van der Waals surface area contributed by atoms with Crippen molar-refractivity contribution in [1.82, 2.24) is 4.90 Å². The molecule has 2 aliphatic carbocycles. The van der Waals surface area contributed by atoms with E-state index in [4.69, 9.17) is 5.73 Å². The van der Waals surface area contributed by atoms with E-state index in [1.165, 1.54) is 64.5 Å². The SMILES string of the molecule is CCN(CC1CCC1)C1(CN)CCCC(C)CC1. The molecule has 0 radical (unpaired) electrons. The lowest BCUT2D eigenvalue weighted by atomic mass is 9.81. The highest BCUT2D eigenvalue weighted by Gasteiger charge is 2.37. The van der Waals surface area contributed by atoms with Crippen LogP contribution in [0.5, 0.6) is 0 Å². The van der Waals surface area contributed by atoms with Crippen molar-refractivity contribution < 1.29 is 0 Å². The van der Waals surface area contributed by atoms with Crippen LogP contribution in [0.25, 0.3) is 0 Å². The topological polar surface area (TPSA) is 29.3 Å². The number of hydrogen-bond acceptors (Lipinski definition) is 2. The zero-order valence-electron chi connectivity index (χ0n) is 12.5. The summed E-state index contributed by atoms with van der Waals surface area (Å²) in [7, 11) is 0. The van der Waals surface area contributed by atoms with Gasteiger partial charge in [-0.25, -0.2) is 0 Å². The van der Waals surface area contributed by atoms with Gasteiger partial charge in [0.05, 0.1) is 0 Å². The van der Waals surface area contributed by atoms with Gasteiger partial charge in [0, 0.05) is 18.6 Å². The molecule has 18 heavy (non-hydrogen) atoms. The van der Waals surface area contributed by atoms with Crippen LogP contribution in [-0.2, 0) is 0 Å². The highest BCUT2D eigenvalue weighted by atomic mass is 15.2. The minimum Gasteiger partial charge on any atom is -0.329 e. The van der Waals surface area contributed by atoms with Gasteiger partial charge >= 0.3 is 0 Å². The molecule has 0 aromatic rings. The van der Waals surface area contributed by atoms with E-state index >= 15 is 0 Å². The fraction of sp³-hybridized carbons (Fsp3) is 1.00. The van der Waals surface area contributed by atoms with Crippen molar-refractivity contribution >= 4 is 0 Å². The highest BCUT2D eigenvalue weighted by Crippen LogP contribution is 2.36. The van der Waals surface area contributed by atoms with Crippen molar-refractivity contribution in [2.24, 2.45) is 17.6 Å². The third-order valence-corrected chi connectivity index (χ3v) is 5.58. The first kappa shape index (κ1) is 14.3. The lowest BCUT2D eigenvalue weighted by molar-refractivity contribution is 0.0503. The van der Waals surface area contributed by atoms with Gasteiger partial charge in [0.25, 0.3) is 0 Å². The van der Waals surface area contributed by atoms with E-state index < -0.39 is 0 Å². The Hall–Kier alpha value is -0.0800. The van der Waals surface area contributed by atoms with Crippen LogP contribution in [-0.4, -0.2) is 30.1 Å². The first-order valence-electron chi connectivity index (χ1n) is 8.15. The molecule has 0 spiro atoms. The van der Waals surface area contributed by atoms with Crippen molar-refractivity contribution in [2.45, 2.75) is 70.8 Å². The predicted molar refractivity (Wildman–Crippen MR) is 78.6 cm³/mol. The average molecular weight is 252 g/mol. The summed E-state index contributed by atoms with van der Waals surface area (Å²) in [6.45, 7) is 8.09. The fourth-order valence-corrected chi connectivity index (χ4v) is 3.86. The van der Waals surface area contributed by atoms with E-state index in [9.17, 15) is 0 Å². The molecule has 2 rings (SSSR count). The van der Waals surface area contributed by atoms with Crippen molar-refractivity contribution in [1.29, 1.82) is 0 Å². The van der Waals surface area contributed by atoms with E-state index in [1.54, 1.807) is 0 Å². The molecule has 0 heterocycles. The van der Waals surface area contributed by atoms with E-state index in [1.807, 2.05) is 0 Å². The highest BCUT2D eigenvalue weighted by molar-refractivity contribution is 4.95. The van der Waals surface area contributed by atoms with E-state index in [2.05, 4.69) is 18.7 Å². The normalized spacial score (nSPS) is 34.3. The van der Waals surface area contributed by atoms with Gasteiger partial charge in [-0.1, -0.05) is 33.1 Å². The maximum Gasteiger partial charge on any atom is 0.0331 e. The third-order valence-electron chi connectivity index (χ3n) is 5.58. The maximum absolute atomic E-state index is 6.22. The zero-order valence-corrected chi connectivity index (χ0v) is 12.5. The third kappa shape index (κ3) is 3.08. The summed E-state index contributed by atoms with van der Waals surface area (Å²) in [5.74, 6) is 1.87. The predicted octanol–water partition coefficient (Wildman–Crippen LogP) is 3.41. The molecule has 2 aliphatic rings. The quantitative estimate of drug-likeness (QED) is 0.760. The first-order chi connectivity index (χ1) is 8.70. The van der Waals surface area contributed by atoms with Crippen LogP contribution in [0.4, 0.5) is 0 Å². The van der Waals surface area contributed by atoms with Crippen LogP contribution in [0.1, 0.15) is 65.2 Å². The second kappa shape index (κ2) is 6.38. The average Bonchev–Trinajstić information content (AvgIpc) is 2.51. The van der Waals surface area contributed by atoms with Gasteiger partial charge in [-0.3, -0.25) is 4.90 Å². The van der Waals surface area contributed by atoms with E-state index in [0.717, 1.165) is 18.4 Å². The van der Waals surface area contributed by atoms with Crippen molar-refractivity contribution in [2.75, 3.05) is 19.6 Å². The molecule has 0 bridgehead atoms. The molecule has 2 N–H and O–H groups in total. The summed E-state index contributed by atoms with van der Waals surface area (Å²) < 4.78 is 0. The molecule has 0 amide bonds. The lowest BCUT2D eigenvalue weighted by Gasteiger charge is -2.45. The summed E-state index contributed by atoms with van der Waals surface area (Å²) in [5.41, 5.74) is 6.55. The zero-order chi connectivity index (χ0) is 13.0. The molecule has 2 nitrogen and oxygen atoms in total. The number of nitrogens with two attached hydrogens (primary N) is 1. The number of hydrogen-bond donors (Lipinski definition) is 1. The van der Waals surface area contributed by atoms with Gasteiger partial charge in [0.2, 0.25) is 0 Å². The van der Waals surface area contributed by atoms with Crippen LogP contribution in [0.3, 0.4) is 0 Å². The number of nitrogens with zero attached hydrogens (tertiary/aromatic N) is 1. The Bertz CT molecular complexity index is 249. The molecule has 2 saturated carbocycles. The molecular weight excluding hydrogens is 220 g/mol. The van der Waals surface area contributed by atoms with Gasteiger partial charge in [0.15, 0.2) is 0 Å². The van der Waals surface area contributed by atoms with Crippen LogP contribution in [0.2, 0.25) is 0 Å². The van der Waals surface area contributed by atoms with Crippen LogP contribution >= 0.6 is 0 Å². The Morgan fingerprint density at radius 3 is 2.44 bits per heavy atom. The molecule has 2 heteroatoms. The second-order valence-corrected chi connectivity index (χ2v) is 6.80. The van der Waals surface area contributed by atoms with Gasteiger partial charge < -0.3 is 5.73 Å². The molecule has 0 aromatic heterocycles. The van der Waals surface area contributed by atoms with Gasteiger partial charge in [0.1, 0.15) is 0 Å². The lowest BCUT2D eigenvalue weighted by Crippen LogP contribution is -2.55. The van der Waals surface area contributed by atoms with Gasteiger partial charge in [-0.2, -0.15) is 0 Å².